The Morgan fingerprint density at radius 1 is 0.500 bits per heavy atom. The van der Waals surface area contributed by atoms with Crippen LogP contribution in [-0.2, 0) is 25.7 Å². The second kappa shape index (κ2) is 11.7. The number of hydrogen-bond acceptors (Lipinski definition) is 1. The number of guanidine groups is 2. The van der Waals surface area contributed by atoms with Crippen LogP contribution in [0.2, 0.25) is 0 Å². The molecule has 0 atom stereocenters. The largest absolute Gasteiger partial charge is 0.390 e. The summed E-state index contributed by atoms with van der Waals surface area (Å²) in [4.78, 5) is 0. The topological polar surface area (TPSA) is 80.2 Å². The summed E-state index contributed by atoms with van der Waals surface area (Å²) in [6.07, 6.45) is 12.9. The third-order valence-corrected chi connectivity index (χ3v) is 12.4. The molecule has 5 N–H and O–H groups in total. The van der Waals surface area contributed by atoms with E-state index in [1.54, 1.807) is 0 Å². The molecular formula is C50H37N6+. The van der Waals surface area contributed by atoms with Crippen LogP contribution >= 0.6 is 0 Å². The Morgan fingerprint density at radius 3 is 1.64 bits per heavy atom. The molecule has 0 saturated heterocycles. The first-order valence-electron chi connectivity index (χ1n) is 19.5. The number of hydrogen-bond donors (Lipinski definition) is 4. The second-order valence-electron chi connectivity index (χ2n) is 15.4. The summed E-state index contributed by atoms with van der Waals surface area (Å²) >= 11 is 0. The number of nitrogens with one attached hydrogen (secondary N) is 3. The zero-order valence-corrected chi connectivity index (χ0v) is 30.7. The molecule has 8 aromatic carbocycles. The molecule has 0 aliphatic heterocycles. The molecule has 0 bridgehead atoms. The maximum atomic E-state index is 8.83. The molecular weight excluding hydrogens is 685 g/mol. The van der Waals surface area contributed by atoms with Crippen LogP contribution in [-0.4, -0.2) is 11.9 Å². The number of nitrogens with two attached hydrogens (primary N) is 1. The van der Waals surface area contributed by atoms with Gasteiger partial charge in [-0.05, 0) is 116 Å². The fraction of sp³-hybridized carbons (Fsp3) is 0.0800. The predicted octanol–water partition coefficient (Wildman–Crippen LogP) is 10.7. The standard InChI is InChI=1S/C50H36N6/c51-49(52)54-56(44-28-24-36-20-16-32-8-4-12-40(44)48(32)36)50(53-41-25-21-33-17-13-29-5-1-9-37(41)45(29)33)55(42-26-22-34-18-14-30-6-2-10-38(42)46(30)34)43-27-23-35-19-15-31-7-3-11-39(43)47(31)35/h1-12,14,16,18,20-28H,13,15,17,19H2,(H4,51,52,54)/p+1. The van der Waals surface area contributed by atoms with Crippen molar-refractivity contribution in [3.05, 3.63) is 166 Å². The van der Waals surface area contributed by atoms with Crippen molar-refractivity contribution in [2.24, 2.45) is 5.73 Å². The molecule has 0 saturated carbocycles. The van der Waals surface area contributed by atoms with Crippen LogP contribution in [0.5, 0.6) is 0 Å². The summed E-state index contributed by atoms with van der Waals surface area (Å²) in [6.45, 7) is 0. The highest BCUT2D eigenvalue weighted by Crippen LogP contribution is 2.44. The molecule has 56 heavy (non-hydrogen) atoms. The highest BCUT2D eigenvalue weighted by molar-refractivity contribution is 6.20. The van der Waals surface area contributed by atoms with Gasteiger partial charge in [0.25, 0.3) is 0 Å². The van der Waals surface area contributed by atoms with E-state index >= 15 is 0 Å². The van der Waals surface area contributed by atoms with E-state index in [0.717, 1.165) is 59.2 Å². The molecule has 4 aliphatic rings. The number of benzene rings is 8. The average molecular weight is 722 g/mol. The Bertz CT molecular complexity index is 3120. The molecule has 0 spiro atoms. The summed E-state index contributed by atoms with van der Waals surface area (Å²) in [6, 6.07) is 44.3. The van der Waals surface area contributed by atoms with Crippen molar-refractivity contribution in [1.29, 1.82) is 5.41 Å². The minimum atomic E-state index is -0.170. The lowest BCUT2D eigenvalue weighted by atomic mass is 10.00. The predicted molar refractivity (Wildman–Crippen MR) is 236 cm³/mol. The van der Waals surface area contributed by atoms with Crippen molar-refractivity contribution >= 4 is 102 Å². The van der Waals surface area contributed by atoms with Crippen LogP contribution in [0.1, 0.15) is 44.5 Å². The minimum Gasteiger partial charge on any atom is -0.368 e. The van der Waals surface area contributed by atoms with Crippen LogP contribution in [0.4, 0.5) is 22.7 Å². The van der Waals surface area contributed by atoms with Crippen LogP contribution in [0.15, 0.2) is 121 Å². The first-order valence-corrected chi connectivity index (χ1v) is 19.5. The van der Waals surface area contributed by atoms with Crippen LogP contribution in [0.25, 0.3) is 67.4 Å². The second-order valence-corrected chi connectivity index (χ2v) is 15.4. The van der Waals surface area contributed by atoms with Crippen molar-refractivity contribution in [2.75, 3.05) is 10.3 Å². The van der Waals surface area contributed by atoms with Gasteiger partial charge in [0.1, 0.15) is 22.7 Å². The van der Waals surface area contributed by atoms with Crippen molar-refractivity contribution in [1.82, 2.24) is 10.0 Å². The van der Waals surface area contributed by atoms with Crippen LogP contribution in [0, 0.1) is 5.41 Å². The van der Waals surface area contributed by atoms with E-state index in [1.807, 2.05) is 5.01 Å². The number of aryl methyl sites for hydroxylation is 4. The first kappa shape index (κ1) is 31.2. The van der Waals surface area contributed by atoms with E-state index < -0.39 is 0 Å². The van der Waals surface area contributed by atoms with Gasteiger partial charge in [-0.15, -0.1) is 5.01 Å². The molecule has 4 aliphatic carbocycles. The maximum absolute atomic E-state index is 8.83. The Hall–Kier alpha value is -7.18. The molecule has 8 aromatic rings. The molecule has 0 fully saturated rings. The fourth-order valence-electron chi connectivity index (χ4n) is 10.0. The Kier molecular flexibility index (Phi) is 6.50. The van der Waals surface area contributed by atoms with Crippen molar-refractivity contribution in [3.8, 4) is 0 Å². The third kappa shape index (κ3) is 4.44. The van der Waals surface area contributed by atoms with E-state index in [4.69, 9.17) is 11.1 Å². The van der Waals surface area contributed by atoms with Gasteiger partial charge in [-0.2, -0.15) is 4.58 Å². The maximum Gasteiger partial charge on any atom is 0.390 e. The summed E-state index contributed by atoms with van der Waals surface area (Å²) in [5.41, 5.74) is 24.0. The lowest BCUT2D eigenvalue weighted by molar-refractivity contribution is 0.911. The van der Waals surface area contributed by atoms with E-state index in [-0.39, 0.29) is 5.96 Å². The third-order valence-electron chi connectivity index (χ3n) is 12.4. The van der Waals surface area contributed by atoms with Gasteiger partial charge in [0.05, 0.1) is 0 Å². The van der Waals surface area contributed by atoms with Gasteiger partial charge < -0.3 is 5.73 Å². The van der Waals surface area contributed by atoms with E-state index in [9.17, 15) is 0 Å². The average Bonchev–Trinajstić information content (AvgIpc) is 4.04. The summed E-state index contributed by atoms with van der Waals surface area (Å²) in [5.74, 6) is 0.534. The SMILES string of the molecule is N=C(N)NN(C(Nc1ccc2c3c(cccc13)CC2)=[N+](c1ccc2c3c(cccc13)C=C2)c1ccc2c3c(cccc13)CC2)c1ccc2c3c(cccc13)C=C2. The zero-order valence-electron chi connectivity index (χ0n) is 30.7. The number of nitrogens with zero attached hydrogens (tertiary/aromatic N) is 2. The Labute approximate surface area is 324 Å². The van der Waals surface area contributed by atoms with E-state index in [0.29, 0.717) is 5.96 Å². The van der Waals surface area contributed by atoms with Crippen molar-refractivity contribution in [3.63, 3.8) is 0 Å². The lowest BCUT2D eigenvalue weighted by Crippen LogP contribution is -2.54. The van der Waals surface area contributed by atoms with Crippen molar-refractivity contribution < 1.29 is 0 Å². The van der Waals surface area contributed by atoms with Gasteiger partial charge in [-0.3, -0.25) is 5.41 Å². The Morgan fingerprint density at radius 2 is 0.982 bits per heavy atom. The molecule has 0 amide bonds. The fourth-order valence-corrected chi connectivity index (χ4v) is 10.0. The van der Waals surface area contributed by atoms with Crippen LogP contribution < -0.4 is 26.1 Å². The number of anilines is 2. The number of hydrazine groups is 1. The monoisotopic (exact) mass is 721 g/mol. The van der Waals surface area contributed by atoms with Gasteiger partial charge in [0, 0.05) is 21.5 Å². The van der Waals surface area contributed by atoms with Gasteiger partial charge in [-0.25, -0.2) is 10.7 Å². The first-order chi connectivity index (χ1) is 27.6. The molecule has 266 valence electrons. The van der Waals surface area contributed by atoms with Gasteiger partial charge in [0.15, 0.2) is 0 Å². The molecule has 6 heteroatoms. The summed E-state index contributed by atoms with van der Waals surface area (Å²) < 4.78 is 2.36. The van der Waals surface area contributed by atoms with Gasteiger partial charge in [0.2, 0.25) is 5.96 Å². The summed E-state index contributed by atoms with van der Waals surface area (Å²) in [5, 5.41) is 24.5. The minimum absolute atomic E-state index is 0.170. The quantitative estimate of drug-likeness (QED) is 0.0631. The highest BCUT2D eigenvalue weighted by atomic mass is 15.6. The van der Waals surface area contributed by atoms with E-state index in [2.05, 4.69) is 161 Å². The molecule has 0 unspecified atom stereocenters. The summed E-state index contributed by atoms with van der Waals surface area (Å²) in [7, 11) is 0. The smallest absolute Gasteiger partial charge is 0.368 e. The molecule has 0 aromatic heterocycles. The lowest BCUT2D eigenvalue weighted by Gasteiger charge is -2.26. The number of rotatable bonds is 4. The van der Waals surface area contributed by atoms with Crippen LogP contribution in [0.3, 0.4) is 0 Å². The van der Waals surface area contributed by atoms with Gasteiger partial charge >= 0.3 is 5.96 Å². The highest BCUT2D eigenvalue weighted by Gasteiger charge is 2.34. The molecule has 6 nitrogen and oxygen atoms in total. The van der Waals surface area contributed by atoms with Gasteiger partial charge in [-0.1, -0.05) is 121 Å². The zero-order chi connectivity index (χ0) is 37.1. The van der Waals surface area contributed by atoms with E-state index in [1.165, 1.54) is 76.8 Å². The molecule has 0 radical (unpaired) electrons. The molecule has 0 heterocycles. The van der Waals surface area contributed by atoms with Crippen molar-refractivity contribution in [2.45, 2.75) is 25.7 Å². The normalized spacial score (nSPS) is 14.4. The molecule has 12 rings (SSSR count). The Balaban J connectivity index is 1.25.